The average molecular weight is 389 g/mol. The number of methoxy groups -OCH3 is 1. The highest BCUT2D eigenvalue weighted by molar-refractivity contribution is 5.79. The molecule has 2 aliphatic rings. The number of ether oxygens (including phenoxy) is 1. The molecule has 2 heterocycles. The van der Waals surface area contributed by atoms with Crippen molar-refractivity contribution in [1.82, 2.24) is 20.5 Å². The summed E-state index contributed by atoms with van der Waals surface area (Å²) in [4.78, 5) is 13.8. The van der Waals surface area contributed by atoms with Gasteiger partial charge in [0.15, 0.2) is 5.96 Å². The van der Waals surface area contributed by atoms with Crippen LogP contribution in [-0.2, 0) is 11.3 Å². The van der Waals surface area contributed by atoms with Gasteiger partial charge in [-0.3, -0.25) is 4.99 Å². The highest BCUT2D eigenvalue weighted by Gasteiger charge is 2.36. The number of piperazine rings is 1. The quantitative estimate of drug-likeness (QED) is 0.522. The van der Waals surface area contributed by atoms with Gasteiger partial charge in [0.25, 0.3) is 0 Å². The topological polar surface area (TPSA) is 65.0 Å². The molecule has 1 saturated carbocycles. The number of nitrogens with one attached hydrogen (secondary N) is 2. The first-order valence-corrected chi connectivity index (χ1v) is 10.5. The van der Waals surface area contributed by atoms with Crippen molar-refractivity contribution in [3.8, 4) is 0 Å². The van der Waals surface area contributed by atoms with Crippen LogP contribution in [0.5, 0.6) is 0 Å². The molecule has 156 valence electrons. The Balaban J connectivity index is 1.44. The third kappa shape index (κ3) is 5.58. The zero-order valence-electron chi connectivity index (χ0n) is 17.7. The lowest BCUT2D eigenvalue weighted by Gasteiger charge is -2.42. The van der Waals surface area contributed by atoms with E-state index in [-0.39, 0.29) is 0 Å². The Hall–Kier alpha value is -1.86. The third-order valence-electron chi connectivity index (χ3n) is 6.20. The molecule has 1 saturated heterocycles. The fourth-order valence-corrected chi connectivity index (χ4v) is 3.93. The predicted molar refractivity (Wildman–Crippen MR) is 115 cm³/mol. The first-order chi connectivity index (χ1) is 13.6. The molecule has 2 N–H and O–H groups in total. The number of nitrogens with zero attached hydrogens (tertiary/aromatic N) is 4. The Morgan fingerprint density at radius 1 is 1.21 bits per heavy atom. The van der Waals surface area contributed by atoms with Crippen LogP contribution < -0.4 is 15.5 Å². The van der Waals surface area contributed by atoms with Gasteiger partial charge in [-0.15, -0.1) is 0 Å². The number of likely N-dealkylation sites (N-methyl/N-ethyl adjacent to an activating group) is 1. The molecular weight excluding hydrogens is 352 g/mol. The van der Waals surface area contributed by atoms with Crippen LogP contribution in [0.4, 0.5) is 5.82 Å². The van der Waals surface area contributed by atoms with Crippen molar-refractivity contribution in [2.75, 3.05) is 65.4 Å². The minimum absolute atomic E-state index is 0.374. The Kier molecular flexibility index (Phi) is 7.50. The van der Waals surface area contributed by atoms with Gasteiger partial charge >= 0.3 is 0 Å². The minimum atomic E-state index is 0.374. The molecule has 0 radical (unpaired) electrons. The van der Waals surface area contributed by atoms with Gasteiger partial charge in [0.1, 0.15) is 5.82 Å². The van der Waals surface area contributed by atoms with E-state index in [4.69, 9.17) is 4.74 Å². The van der Waals surface area contributed by atoms with E-state index in [2.05, 4.69) is 49.6 Å². The van der Waals surface area contributed by atoms with Crippen LogP contribution in [0.1, 0.15) is 31.2 Å². The summed E-state index contributed by atoms with van der Waals surface area (Å²) in [6.07, 6.45) is 6.96. The van der Waals surface area contributed by atoms with Gasteiger partial charge in [0.2, 0.25) is 0 Å². The number of pyridine rings is 1. The van der Waals surface area contributed by atoms with Crippen molar-refractivity contribution in [2.24, 2.45) is 10.4 Å². The fourth-order valence-electron chi connectivity index (χ4n) is 3.93. The van der Waals surface area contributed by atoms with Gasteiger partial charge < -0.3 is 25.2 Å². The monoisotopic (exact) mass is 388 g/mol. The van der Waals surface area contributed by atoms with E-state index in [9.17, 15) is 0 Å². The summed E-state index contributed by atoms with van der Waals surface area (Å²) in [5.41, 5.74) is 1.54. The SMILES string of the molecule is CN=C(NCc1ccc(N2CCN(C)CC2)nc1)NCC1(CCOC)CCC1. The zero-order chi connectivity index (χ0) is 19.8. The number of aromatic nitrogens is 1. The van der Waals surface area contributed by atoms with Crippen LogP contribution in [0.15, 0.2) is 23.3 Å². The number of anilines is 1. The van der Waals surface area contributed by atoms with Crippen molar-refractivity contribution in [3.05, 3.63) is 23.9 Å². The molecule has 0 aromatic carbocycles. The van der Waals surface area contributed by atoms with Crippen LogP contribution in [0.3, 0.4) is 0 Å². The van der Waals surface area contributed by atoms with Crippen molar-refractivity contribution in [1.29, 1.82) is 0 Å². The molecule has 0 spiro atoms. The van der Waals surface area contributed by atoms with E-state index >= 15 is 0 Å². The largest absolute Gasteiger partial charge is 0.385 e. The standard InChI is InChI=1S/C21H36N6O/c1-22-20(25-17-21(7-4-8-21)9-14-28-3)24-16-18-5-6-19(23-15-18)27-12-10-26(2)11-13-27/h5-6,15H,4,7-14,16-17H2,1-3H3,(H2,22,24,25). The molecule has 0 atom stereocenters. The molecule has 0 bridgehead atoms. The summed E-state index contributed by atoms with van der Waals surface area (Å²) >= 11 is 0. The van der Waals surface area contributed by atoms with Crippen molar-refractivity contribution in [3.63, 3.8) is 0 Å². The highest BCUT2D eigenvalue weighted by Crippen LogP contribution is 2.43. The van der Waals surface area contributed by atoms with E-state index < -0.39 is 0 Å². The average Bonchev–Trinajstić information content (AvgIpc) is 2.70. The summed E-state index contributed by atoms with van der Waals surface area (Å²) in [6.45, 7) is 6.79. The summed E-state index contributed by atoms with van der Waals surface area (Å²) in [5, 5.41) is 6.92. The van der Waals surface area contributed by atoms with E-state index in [1.54, 1.807) is 7.11 Å². The maximum Gasteiger partial charge on any atom is 0.191 e. The van der Waals surface area contributed by atoms with Crippen LogP contribution >= 0.6 is 0 Å². The normalized spacial score (nSPS) is 20.0. The minimum Gasteiger partial charge on any atom is -0.385 e. The van der Waals surface area contributed by atoms with Crippen LogP contribution in [0.25, 0.3) is 0 Å². The molecular formula is C21H36N6O. The van der Waals surface area contributed by atoms with Gasteiger partial charge in [-0.25, -0.2) is 4.98 Å². The van der Waals surface area contributed by atoms with Crippen LogP contribution in [0, 0.1) is 5.41 Å². The maximum absolute atomic E-state index is 5.28. The molecule has 1 aromatic heterocycles. The molecule has 0 unspecified atom stereocenters. The lowest BCUT2D eigenvalue weighted by atomic mass is 9.67. The van der Waals surface area contributed by atoms with E-state index in [1.165, 1.54) is 24.8 Å². The van der Waals surface area contributed by atoms with Gasteiger partial charge in [-0.2, -0.15) is 0 Å². The second kappa shape index (κ2) is 10.1. The molecule has 1 aliphatic carbocycles. The molecule has 7 nitrogen and oxygen atoms in total. The number of aliphatic imine (C=N–C) groups is 1. The number of guanidine groups is 1. The van der Waals surface area contributed by atoms with Crippen LogP contribution in [-0.4, -0.2) is 76.4 Å². The van der Waals surface area contributed by atoms with Crippen molar-refractivity contribution < 1.29 is 4.74 Å². The summed E-state index contributed by atoms with van der Waals surface area (Å²) in [7, 11) is 5.78. The van der Waals surface area contributed by atoms with Crippen molar-refractivity contribution in [2.45, 2.75) is 32.2 Å². The summed E-state index contributed by atoms with van der Waals surface area (Å²) in [6, 6.07) is 4.29. The molecule has 2 fully saturated rings. The highest BCUT2D eigenvalue weighted by atomic mass is 16.5. The van der Waals surface area contributed by atoms with Gasteiger partial charge in [-0.1, -0.05) is 12.5 Å². The van der Waals surface area contributed by atoms with Gasteiger partial charge in [-0.05, 0) is 43.4 Å². The molecule has 28 heavy (non-hydrogen) atoms. The molecule has 7 heteroatoms. The van der Waals surface area contributed by atoms with E-state index in [0.717, 1.165) is 64.1 Å². The van der Waals surface area contributed by atoms with E-state index in [0.29, 0.717) is 5.41 Å². The second-order valence-corrected chi connectivity index (χ2v) is 8.19. The van der Waals surface area contributed by atoms with Crippen molar-refractivity contribution >= 4 is 11.8 Å². The van der Waals surface area contributed by atoms with E-state index in [1.807, 2.05) is 13.2 Å². The fraction of sp³-hybridized carbons (Fsp3) is 0.714. The summed E-state index contributed by atoms with van der Waals surface area (Å²) in [5.74, 6) is 1.93. The Morgan fingerprint density at radius 2 is 2.00 bits per heavy atom. The first-order valence-electron chi connectivity index (χ1n) is 10.5. The smallest absolute Gasteiger partial charge is 0.191 e. The molecule has 0 amide bonds. The lowest BCUT2D eigenvalue weighted by Crippen LogP contribution is -2.46. The number of hydrogen-bond acceptors (Lipinski definition) is 5. The van der Waals surface area contributed by atoms with Gasteiger partial charge in [0, 0.05) is 66.2 Å². The molecule has 3 rings (SSSR count). The lowest BCUT2D eigenvalue weighted by molar-refractivity contribution is 0.0732. The third-order valence-corrected chi connectivity index (χ3v) is 6.20. The number of rotatable bonds is 8. The number of hydrogen-bond donors (Lipinski definition) is 2. The maximum atomic E-state index is 5.28. The van der Waals surface area contributed by atoms with Gasteiger partial charge in [0.05, 0.1) is 0 Å². The zero-order valence-corrected chi connectivity index (χ0v) is 17.7. The Morgan fingerprint density at radius 3 is 2.57 bits per heavy atom. The summed E-state index contributed by atoms with van der Waals surface area (Å²) < 4.78 is 5.28. The Bertz CT molecular complexity index is 620. The van der Waals surface area contributed by atoms with Crippen LogP contribution in [0.2, 0.25) is 0 Å². The molecule has 1 aliphatic heterocycles. The predicted octanol–water partition coefficient (Wildman–Crippen LogP) is 1.71. The second-order valence-electron chi connectivity index (χ2n) is 8.19. The molecule has 1 aromatic rings. The Labute approximate surface area is 169 Å². The first kappa shape index (κ1) is 20.9.